The molecule has 2 heterocycles. The lowest BCUT2D eigenvalue weighted by Crippen LogP contribution is -2.34. The Morgan fingerprint density at radius 2 is 2.11 bits per heavy atom. The molecule has 1 unspecified atom stereocenters. The van der Waals surface area contributed by atoms with Gasteiger partial charge in [-0.25, -0.2) is 4.98 Å². The summed E-state index contributed by atoms with van der Waals surface area (Å²) >= 11 is 0. The van der Waals surface area contributed by atoms with Crippen molar-refractivity contribution in [2.75, 3.05) is 29.9 Å². The molecular formula is C22H28N6. The summed E-state index contributed by atoms with van der Waals surface area (Å²) in [5.74, 6) is 2.50. The van der Waals surface area contributed by atoms with Crippen molar-refractivity contribution in [1.82, 2.24) is 15.3 Å². The summed E-state index contributed by atoms with van der Waals surface area (Å²) < 4.78 is 0. The van der Waals surface area contributed by atoms with Crippen LogP contribution in [0, 0.1) is 17.2 Å². The molecule has 2 N–H and O–H groups in total. The molecule has 2 aromatic rings. The van der Waals surface area contributed by atoms with Gasteiger partial charge >= 0.3 is 0 Å². The van der Waals surface area contributed by atoms with Crippen LogP contribution >= 0.6 is 0 Å². The van der Waals surface area contributed by atoms with Crippen molar-refractivity contribution in [2.24, 2.45) is 5.92 Å². The van der Waals surface area contributed by atoms with E-state index >= 15 is 0 Å². The van der Waals surface area contributed by atoms with Crippen LogP contribution in [-0.2, 0) is 6.42 Å². The van der Waals surface area contributed by atoms with E-state index in [1.165, 1.54) is 12.8 Å². The maximum absolute atomic E-state index is 9.11. The monoisotopic (exact) mass is 376 g/mol. The lowest BCUT2D eigenvalue weighted by molar-refractivity contribution is 0.530. The maximum Gasteiger partial charge on any atom is 0.229 e. The Morgan fingerprint density at radius 1 is 1.21 bits per heavy atom. The zero-order valence-electron chi connectivity index (χ0n) is 16.5. The first-order valence-electron chi connectivity index (χ1n) is 10.4. The number of hydrogen-bond acceptors (Lipinski definition) is 6. The maximum atomic E-state index is 9.11. The largest absolute Gasteiger partial charge is 0.355 e. The number of benzene rings is 1. The first-order chi connectivity index (χ1) is 13.7. The first kappa shape index (κ1) is 18.7. The zero-order valence-corrected chi connectivity index (χ0v) is 16.5. The summed E-state index contributed by atoms with van der Waals surface area (Å²) in [6.07, 6.45) is 5.91. The molecule has 1 aliphatic heterocycles. The predicted octanol–water partition coefficient (Wildman–Crippen LogP) is 3.62. The number of nitrogens with zero attached hydrogens (tertiary/aromatic N) is 4. The summed E-state index contributed by atoms with van der Waals surface area (Å²) in [5, 5.41) is 16.1. The molecule has 1 aromatic heterocycles. The highest BCUT2D eigenvalue weighted by Crippen LogP contribution is 2.28. The molecule has 1 atom stereocenters. The van der Waals surface area contributed by atoms with Gasteiger partial charge in [0, 0.05) is 36.6 Å². The number of aromatic nitrogens is 2. The summed E-state index contributed by atoms with van der Waals surface area (Å²) in [6, 6.07) is 12.3. The lowest BCUT2D eigenvalue weighted by atomic mass is 10.2. The fraction of sp³-hybridized carbons (Fsp3) is 0.500. The Bertz CT molecular complexity index is 854. The van der Waals surface area contributed by atoms with Gasteiger partial charge in [-0.15, -0.1) is 0 Å². The van der Waals surface area contributed by atoms with Gasteiger partial charge in [0.2, 0.25) is 5.95 Å². The van der Waals surface area contributed by atoms with Crippen LogP contribution in [0.2, 0.25) is 0 Å². The standard InChI is InChI=1S/C22H28N6/c1-2-4-18-12-21(28-10-9-20(15-28)24-14-16-7-8-16)27-22(25-18)26-19-6-3-5-17(11-19)13-23/h3,5-6,11-12,16,20,24H,2,4,7-10,14-15H2,1H3,(H,25,26,27). The van der Waals surface area contributed by atoms with Crippen molar-refractivity contribution >= 4 is 17.5 Å². The molecule has 1 saturated carbocycles. The molecule has 1 saturated heterocycles. The first-order valence-corrected chi connectivity index (χ1v) is 10.4. The van der Waals surface area contributed by atoms with E-state index in [1.54, 1.807) is 6.07 Å². The van der Waals surface area contributed by atoms with Crippen LogP contribution in [0.3, 0.4) is 0 Å². The number of nitriles is 1. The number of hydrogen-bond donors (Lipinski definition) is 2. The van der Waals surface area contributed by atoms with Crippen molar-refractivity contribution in [3.05, 3.63) is 41.6 Å². The highest BCUT2D eigenvalue weighted by molar-refractivity contribution is 5.58. The zero-order chi connectivity index (χ0) is 19.3. The molecule has 1 aliphatic carbocycles. The van der Waals surface area contributed by atoms with Gasteiger partial charge in [-0.05, 0) is 56.3 Å². The van der Waals surface area contributed by atoms with Gasteiger partial charge < -0.3 is 15.5 Å². The van der Waals surface area contributed by atoms with Crippen LogP contribution in [-0.4, -0.2) is 35.6 Å². The molecule has 0 amide bonds. The number of anilines is 3. The topological polar surface area (TPSA) is 76.9 Å². The number of rotatable bonds is 8. The van der Waals surface area contributed by atoms with E-state index in [2.05, 4.69) is 39.6 Å². The minimum absolute atomic E-state index is 0.550. The van der Waals surface area contributed by atoms with Crippen molar-refractivity contribution in [3.63, 3.8) is 0 Å². The van der Waals surface area contributed by atoms with Crippen LogP contribution in [0.5, 0.6) is 0 Å². The Balaban J connectivity index is 1.49. The lowest BCUT2D eigenvalue weighted by Gasteiger charge is -2.20. The van der Waals surface area contributed by atoms with E-state index in [0.717, 1.165) is 62.0 Å². The molecule has 2 fully saturated rings. The predicted molar refractivity (Wildman–Crippen MR) is 112 cm³/mol. The third-order valence-electron chi connectivity index (χ3n) is 5.42. The fourth-order valence-corrected chi connectivity index (χ4v) is 3.67. The van der Waals surface area contributed by atoms with Crippen molar-refractivity contribution in [1.29, 1.82) is 5.26 Å². The van der Waals surface area contributed by atoms with Crippen molar-refractivity contribution < 1.29 is 0 Å². The molecule has 0 spiro atoms. The third-order valence-corrected chi connectivity index (χ3v) is 5.42. The second kappa shape index (κ2) is 8.57. The SMILES string of the molecule is CCCc1cc(N2CCC(NCC3CC3)C2)nc(Nc2cccc(C#N)c2)n1. The van der Waals surface area contributed by atoms with Gasteiger partial charge in [0.1, 0.15) is 5.82 Å². The van der Waals surface area contributed by atoms with E-state index in [1.807, 2.05) is 18.2 Å². The van der Waals surface area contributed by atoms with Gasteiger partial charge in [-0.2, -0.15) is 10.2 Å². The second-order valence-corrected chi connectivity index (χ2v) is 7.89. The van der Waals surface area contributed by atoms with Crippen LogP contribution in [0.25, 0.3) is 0 Å². The molecule has 4 rings (SSSR count). The summed E-state index contributed by atoms with van der Waals surface area (Å²) in [5.41, 5.74) is 2.52. The van der Waals surface area contributed by atoms with E-state index in [9.17, 15) is 0 Å². The Labute approximate surface area is 167 Å². The third kappa shape index (κ3) is 4.79. The molecule has 2 aliphatic rings. The second-order valence-electron chi connectivity index (χ2n) is 7.89. The molecule has 6 heteroatoms. The van der Waals surface area contributed by atoms with E-state index in [0.29, 0.717) is 17.6 Å². The average molecular weight is 377 g/mol. The van der Waals surface area contributed by atoms with E-state index < -0.39 is 0 Å². The highest BCUT2D eigenvalue weighted by Gasteiger charge is 2.27. The molecule has 1 aromatic carbocycles. The summed E-state index contributed by atoms with van der Waals surface area (Å²) in [7, 11) is 0. The van der Waals surface area contributed by atoms with Crippen LogP contribution < -0.4 is 15.5 Å². The Morgan fingerprint density at radius 3 is 2.89 bits per heavy atom. The minimum atomic E-state index is 0.550. The fourth-order valence-electron chi connectivity index (χ4n) is 3.67. The van der Waals surface area contributed by atoms with Gasteiger partial charge in [0.15, 0.2) is 0 Å². The average Bonchev–Trinajstić information content (AvgIpc) is 3.42. The van der Waals surface area contributed by atoms with Gasteiger partial charge in [0.25, 0.3) is 0 Å². The molecule has 146 valence electrons. The van der Waals surface area contributed by atoms with Crippen LogP contribution in [0.15, 0.2) is 30.3 Å². The normalized spacial score (nSPS) is 18.9. The Hall–Kier alpha value is -2.65. The van der Waals surface area contributed by atoms with Gasteiger partial charge in [-0.3, -0.25) is 0 Å². The quantitative estimate of drug-likeness (QED) is 0.733. The van der Waals surface area contributed by atoms with Crippen LogP contribution in [0.1, 0.15) is 43.9 Å². The number of nitrogens with one attached hydrogen (secondary N) is 2. The van der Waals surface area contributed by atoms with E-state index in [-0.39, 0.29) is 0 Å². The molecule has 28 heavy (non-hydrogen) atoms. The van der Waals surface area contributed by atoms with Gasteiger partial charge in [-0.1, -0.05) is 19.4 Å². The molecule has 0 bridgehead atoms. The van der Waals surface area contributed by atoms with Crippen molar-refractivity contribution in [2.45, 2.75) is 45.1 Å². The minimum Gasteiger partial charge on any atom is -0.355 e. The van der Waals surface area contributed by atoms with Crippen LogP contribution in [0.4, 0.5) is 17.5 Å². The molecular weight excluding hydrogens is 348 g/mol. The summed E-state index contributed by atoms with van der Waals surface area (Å²) in [4.78, 5) is 11.8. The van der Waals surface area contributed by atoms with Gasteiger partial charge in [0.05, 0.1) is 11.6 Å². The smallest absolute Gasteiger partial charge is 0.229 e. The number of aryl methyl sites for hydroxylation is 1. The van der Waals surface area contributed by atoms with Crippen molar-refractivity contribution in [3.8, 4) is 6.07 Å². The molecule has 6 nitrogen and oxygen atoms in total. The molecule has 0 radical (unpaired) electrons. The summed E-state index contributed by atoms with van der Waals surface area (Å²) in [6.45, 7) is 5.34. The Kier molecular flexibility index (Phi) is 5.73. The van der Waals surface area contributed by atoms with E-state index in [4.69, 9.17) is 10.2 Å². The highest BCUT2D eigenvalue weighted by atomic mass is 15.3.